The van der Waals surface area contributed by atoms with Crippen molar-refractivity contribution in [1.29, 1.82) is 0 Å². The van der Waals surface area contributed by atoms with Crippen LogP contribution >= 0.6 is 0 Å². The maximum Gasteiger partial charge on any atom is 0.276 e. The highest BCUT2D eigenvalue weighted by molar-refractivity contribution is 5.91. The number of aromatic nitrogens is 3. The number of amides is 1. The monoisotopic (exact) mass is 382 g/mol. The Morgan fingerprint density at radius 1 is 1.00 bits per heavy atom. The first kappa shape index (κ1) is 19.2. The van der Waals surface area contributed by atoms with Crippen molar-refractivity contribution in [1.82, 2.24) is 19.9 Å². The lowest BCUT2D eigenvalue weighted by Crippen LogP contribution is -2.27. The molecule has 0 aliphatic rings. The Morgan fingerprint density at radius 3 is 2.36 bits per heavy atom. The van der Waals surface area contributed by atoms with Gasteiger partial charge in [-0.15, -0.1) is 5.10 Å². The second-order valence-electron chi connectivity index (χ2n) is 6.01. The number of rotatable bonds is 7. The number of carbonyl (C=O) groups excluding carboxylic acids is 1. The van der Waals surface area contributed by atoms with Crippen LogP contribution < -0.4 is 14.2 Å². The van der Waals surface area contributed by atoms with Gasteiger partial charge in [0.1, 0.15) is 0 Å². The van der Waals surface area contributed by atoms with Crippen LogP contribution in [0.3, 0.4) is 0 Å². The molecule has 8 nitrogen and oxygen atoms in total. The molecule has 0 radical (unpaired) electrons. The molecule has 0 aliphatic carbocycles. The standard InChI is InChI=1S/C20H22N4O4/c1-23(13-14-10-11-17(26-2)19(28-4)18(14)27-3)20(25)16-12-21-24(22-16)15-8-6-5-7-9-15/h5-12H,13H2,1-4H3. The highest BCUT2D eigenvalue weighted by Crippen LogP contribution is 2.40. The lowest BCUT2D eigenvalue weighted by atomic mass is 10.1. The maximum atomic E-state index is 12.8. The average molecular weight is 382 g/mol. The molecule has 2 aromatic carbocycles. The Kier molecular flexibility index (Phi) is 5.78. The maximum absolute atomic E-state index is 12.8. The zero-order chi connectivity index (χ0) is 20.1. The summed E-state index contributed by atoms with van der Waals surface area (Å²) in [6.07, 6.45) is 1.46. The molecule has 0 atom stereocenters. The molecule has 0 spiro atoms. The van der Waals surface area contributed by atoms with Crippen LogP contribution in [0.1, 0.15) is 16.1 Å². The average Bonchev–Trinajstić information content (AvgIpc) is 3.23. The van der Waals surface area contributed by atoms with Gasteiger partial charge in [0, 0.05) is 19.2 Å². The topological polar surface area (TPSA) is 78.7 Å². The highest BCUT2D eigenvalue weighted by atomic mass is 16.5. The second kappa shape index (κ2) is 8.43. The van der Waals surface area contributed by atoms with Crippen molar-refractivity contribution in [2.24, 2.45) is 0 Å². The van der Waals surface area contributed by atoms with E-state index in [1.807, 2.05) is 36.4 Å². The van der Waals surface area contributed by atoms with Gasteiger partial charge in [-0.3, -0.25) is 4.79 Å². The van der Waals surface area contributed by atoms with E-state index < -0.39 is 0 Å². The number of methoxy groups -OCH3 is 3. The van der Waals surface area contributed by atoms with Gasteiger partial charge in [-0.05, 0) is 24.3 Å². The molecule has 0 bridgehead atoms. The molecule has 3 rings (SSSR count). The van der Waals surface area contributed by atoms with Crippen LogP contribution in [0, 0.1) is 0 Å². The van der Waals surface area contributed by atoms with Crippen molar-refractivity contribution in [3.63, 3.8) is 0 Å². The summed E-state index contributed by atoms with van der Waals surface area (Å²) in [6.45, 7) is 0.306. The molecule has 1 aromatic heterocycles. The number of ether oxygens (including phenoxy) is 3. The van der Waals surface area contributed by atoms with E-state index in [0.29, 0.717) is 23.8 Å². The van der Waals surface area contributed by atoms with E-state index >= 15 is 0 Å². The van der Waals surface area contributed by atoms with Gasteiger partial charge in [0.15, 0.2) is 17.2 Å². The fourth-order valence-electron chi connectivity index (χ4n) is 2.86. The summed E-state index contributed by atoms with van der Waals surface area (Å²) < 4.78 is 16.2. The lowest BCUT2D eigenvalue weighted by Gasteiger charge is -2.20. The number of para-hydroxylation sites is 1. The Hall–Kier alpha value is -3.55. The van der Waals surface area contributed by atoms with Crippen LogP contribution in [0.25, 0.3) is 5.69 Å². The van der Waals surface area contributed by atoms with Crippen LogP contribution in [0.4, 0.5) is 0 Å². The smallest absolute Gasteiger partial charge is 0.276 e. The van der Waals surface area contributed by atoms with Gasteiger partial charge in [0.25, 0.3) is 5.91 Å². The normalized spacial score (nSPS) is 10.4. The molecule has 0 fully saturated rings. The van der Waals surface area contributed by atoms with Crippen molar-refractivity contribution >= 4 is 5.91 Å². The fraction of sp³-hybridized carbons (Fsp3) is 0.250. The minimum atomic E-state index is -0.251. The first-order valence-corrected chi connectivity index (χ1v) is 8.60. The summed E-state index contributed by atoms with van der Waals surface area (Å²) in [5.41, 5.74) is 1.82. The third kappa shape index (κ3) is 3.75. The molecule has 8 heteroatoms. The Labute approximate surface area is 163 Å². The van der Waals surface area contributed by atoms with E-state index in [2.05, 4.69) is 10.2 Å². The first-order chi connectivity index (χ1) is 13.6. The van der Waals surface area contributed by atoms with Gasteiger partial charge in [-0.2, -0.15) is 9.90 Å². The van der Waals surface area contributed by atoms with Crippen LogP contribution in [0.15, 0.2) is 48.7 Å². The van der Waals surface area contributed by atoms with E-state index in [4.69, 9.17) is 14.2 Å². The van der Waals surface area contributed by atoms with Gasteiger partial charge < -0.3 is 19.1 Å². The molecular formula is C20H22N4O4. The van der Waals surface area contributed by atoms with E-state index in [9.17, 15) is 4.79 Å². The molecule has 0 aliphatic heterocycles. The summed E-state index contributed by atoms with van der Waals surface area (Å²) in [5, 5.41) is 8.46. The summed E-state index contributed by atoms with van der Waals surface area (Å²) in [7, 11) is 6.34. The third-order valence-corrected chi connectivity index (χ3v) is 4.24. The zero-order valence-electron chi connectivity index (χ0n) is 16.2. The fourth-order valence-corrected chi connectivity index (χ4v) is 2.86. The number of carbonyl (C=O) groups is 1. The Bertz CT molecular complexity index is 956. The highest BCUT2D eigenvalue weighted by Gasteiger charge is 2.21. The van der Waals surface area contributed by atoms with E-state index in [-0.39, 0.29) is 11.6 Å². The van der Waals surface area contributed by atoms with Gasteiger partial charge in [0.05, 0.1) is 33.2 Å². The van der Waals surface area contributed by atoms with E-state index in [0.717, 1.165) is 11.3 Å². The molecule has 1 heterocycles. The molecular weight excluding hydrogens is 360 g/mol. The molecule has 3 aromatic rings. The largest absolute Gasteiger partial charge is 0.493 e. The van der Waals surface area contributed by atoms with Crippen molar-refractivity contribution in [3.8, 4) is 22.9 Å². The Balaban J connectivity index is 1.81. The summed E-state index contributed by atoms with van der Waals surface area (Å²) in [5.74, 6) is 1.31. The molecule has 1 amide bonds. The lowest BCUT2D eigenvalue weighted by molar-refractivity contribution is 0.0777. The van der Waals surface area contributed by atoms with Crippen LogP contribution in [0.5, 0.6) is 17.2 Å². The van der Waals surface area contributed by atoms with Crippen molar-refractivity contribution in [2.75, 3.05) is 28.4 Å². The van der Waals surface area contributed by atoms with Crippen LogP contribution in [0.2, 0.25) is 0 Å². The number of nitrogens with zero attached hydrogens (tertiary/aromatic N) is 4. The zero-order valence-corrected chi connectivity index (χ0v) is 16.2. The minimum Gasteiger partial charge on any atom is -0.493 e. The van der Waals surface area contributed by atoms with E-state index in [1.165, 1.54) is 11.0 Å². The first-order valence-electron chi connectivity index (χ1n) is 8.60. The summed E-state index contributed by atoms with van der Waals surface area (Å²) in [4.78, 5) is 15.8. The summed E-state index contributed by atoms with van der Waals surface area (Å²) in [6, 6.07) is 13.0. The van der Waals surface area contributed by atoms with Gasteiger partial charge >= 0.3 is 0 Å². The minimum absolute atomic E-state index is 0.251. The van der Waals surface area contributed by atoms with Crippen molar-refractivity contribution in [2.45, 2.75) is 6.54 Å². The molecule has 0 saturated heterocycles. The van der Waals surface area contributed by atoms with Crippen LogP contribution in [-0.4, -0.2) is 54.2 Å². The summed E-state index contributed by atoms with van der Waals surface area (Å²) >= 11 is 0. The number of hydrogen-bond donors (Lipinski definition) is 0. The van der Waals surface area contributed by atoms with E-state index in [1.54, 1.807) is 39.3 Å². The van der Waals surface area contributed by atoms with Gasteiger partial charge in [-0.1, -0.05) is 18.2 Å². The quantitative estimate of drug-likeness (QED) is 0.625. The molecule has 146 valence electrons. The Morgan fingerprint density at radius 2 is 1.71 bits per heavy atom. The van der Waals surface area contributed by atoms with Crippen molar-refractivity contribution in [3.05, 3.63) is 59.9 Å². The number of benzene rings is 2. The van der Waals surface area contributed by atoms with Gasteiger partial charge in [-0.25, -0.2) is 0 Å². The molecule has 0 saturated carbocycles. The third-order valence-electron chi connectivity index (χ3n) is 4.24. The van der Waals surface area contributed by atoms with Gasteiger partial charge in [0.2, 0.25) is 5.75 Å². The predicted octanol–water partition coefficient (Wildman–Crippen LogP) is 2.57. The van der Waals surface area contributed by atoms with Crippen LogP contribution in [-0.2, 0) is 6.54 Å². The SMILES string of the molecule is COc1ccc(CN(C)C(=O)c2cnn(-c3ccccc3)n2)c(OC)c1OC. The predicted molar refractivity (Wildman–Crippen MR) is 103 cm³/mol. The molecule has 0 unspecified atom stereocenters. The molecule has 28 heavy (non-hydrogen) atoms. The molecule has 0 N–H and O–H groups in total. The number of hydrogen-bond acceptors (Lipinski definition) is 6. The second-order valence-corrected chi connectivity index (χ2v) is 6.01. The van der Waals surface area contributed by atoms with Crippen molar-refractivity contribution < 1.29 is 19.0 Å².